The molecular formula is C20H20N2O5. The molecule has 0 aliphatic carbocycles. The third-order valence-electron chi connectivity index (χ3n) is 3.29. The molecule has 0 aliphatic heterocycles. The first-order valence-electron chi connectivity index (χ1n) is 8.30. The number of ether oxygens (including phenoxy) is 2. The molecule has 140 valence electrons. The number of hydrogen-bond donors (Lipinski definition) is 2. The van der Waals surface area contributed by atoms with Crippen LogP contribution < -0.4 is 15.6 Å². The van der Waals surface area contributed by atoms with Gasteiger partial charge in [-0.15, -0.1) is 0 Å². The summed E-state index contributed by atoms with van der Waals surface area (Å²) >= 11 is 0. The molecule has 0 atom stereocenters. The molecule has 0 bridgehead atoms. The summed E-state index contributed by atoms with van der Waals surface area (Å²) in [6.07, 6.45) is 2.94. The van der Waals surface area contributed by atoms with Gasteiger partial charge < -0.3 is 9.47 Å². The number of benzene rings is 2. The molecule has 7 heteroatoms. The summed E-state index contributed by atoms with van der Waals surface area (Å²) in [6.45, 7) is 1.73. The summed E-state index contributed by atoms with van der Waals surface area (Å²) in [5, 5.41) is 0. The second-order valence-corrected chi connectivity index (χ2v) is 5.31. The van der Waals surface area contributed by atoms with Crippen molar-refractivity contribution in [1.29, 1.82) is 0 Å². The second kappa shape index (κ2) is 10.4. The number of rotatable bonds is 7. The van der Waals surface area contributed by atoms with Crippen molar-refractivity contribution < 1.29 is 23.9 Å². The molecule has 0 heterocycles. The second-order valence-electron chi connectivity index (χ2n) is 5.31. The average Bonchev–Trinajstić information content (AvgIpc) is 2.70. The summed E-state index contributed by atoms with van der Waals surface area (Å²) in [5.41, 5.74) is 5.77. The summed E-state index contributed by atoms with van der Waals surface area (Å²) in [7, 11) is 0. The largest absolute Gasteiger partial charge is 0.484 e. The zero-order chi connectivity index (χ0) is 19.5. The number of esters is 1. The van der Waals surface area contributed by atoms with E-state index in [9.17, 15) is 14.4 Å². The van der Waals surface area contributed by atoms with Crippen LogP contribution in [0.1, 0.15) is 22.8 Å². The molecule has 2 N–H and O–H groups in total. The van der Waals surface area contributed by atoms with Gasteiger partial charge in [-0.05, 0) is 42.8 Å². The lowest BCUT2D eigenvalue weighted by Gasteiger charge is -2.08. The van der Waals surface area contributed by atoms with Crippen LogP contribution in [0.2, 0.25) is 0 Å². The number of amides is 2. The molecule has 2 aromatic carbocycles. The van der Waals surface area contributed by atoms with E-state index in [1.54, 1.807) is 37.3 Å². The molecule has 0 radical (unpaired) electrons. The molecule has 2 rings (SSSR count). The molecule has 0 fully saturated rings. The lowest BCUT2D eigenvalue weighted by atomic mass is 10.2. The van der Waals surface area contributed by atoms with Crippen LogP contribution in [0.4, 0.5) is 0 Å². The molecule has 0 saturated heterocycles. The monoisotopic (exact) mass is 368 g/mol. The maximum Gasteiger partial charge on any atom is 0.338 e. The fraction of sp³-hybridized carbons (Fsp3) is 0.150. The van der Waals surface area contributed by atoms with Crippen LogP contribution in [-0.4, -0.2) is 31.0 Å². The highest BCUT2D eigenvalue weighted by Crippen LogP contribution is 2.12. The van der Waals surface area contributed by atoms with E-state index in [1.807, 2.05) is 30.3 Å². The van der Waals surface area contributed by atoms with Gasteiger partial charge in [-0.3, -0.25) is 20.4 Å². The molecule has 0 aromatic heterocycles. The Morgan fingerprint density at radius 2 is 1.67 bits per heavy atom. The van der Waals surface area contributed by atoms with E-state index in [0.29, 0.717) is 17.9 Å². The normalized spacial score (nSPS) is 10.3. The molecule has 2 aromatic rings. The van der Waals surface area contributed by atoms with Crippen LogP contribution >= 0.6 is 0 Å². The minimum absolute atomic E-state index is 0.290. The Morgan fingerprint density at radius 1 is 0.963 bits per heavy atom. The Labute approximate surface area is 156 Å². The molecular weight excluding hydrogens is 348 g/mol. The standard InChI is InChI=1S/C20H20N2O5/c1-2-26-20(25)16-9-11-17(12-10-16)27-14-19(24)22-21-18(23)13-8-15-6-4-3-5-7-15/h3-13H,2,14H2,1H3,(H,21,23)(H,22,24). The van der Waals surface area contributed by atoms with Crippen LogP contribution in [0.5, 0.6) is 5.75 Å². The third-order valence-corrected chi connectivity index (χ3v) is 3.29. The average molecular weight is 368 g/mol. The Kier molecular flexibility index (Phi) is 7.59. The predicted octanol–water partition coefficient (Wildman–Crippen LogP) is 2.10. The number of carbonyl (C=O) groups is 3. The Hall–Kier alpha value is -3.61. The van der Waals surface area contributed by atoms with Gasteiger partial charge in [0.1, 0.15) is 5.75 Å². The van der Waals surface area contributed by atoms with Crippen LogP contribution in [0, 0.1) is 0 Å². The van der Waals surface area contributed by atoms with Crippen molar-refractivity contribution in [2.45, 2.75) is 6.92 Å². The Bertz CT molecular complexity index is 801. The molecule has 0 unspecified atom stereocenters. The van der Waals surface area contributed by atoms with Crippen LogP contribution in [0.3, 0.4) is 0 Å². The van der Waals surface area contributed by atoms with E-state index in [2.05, 4.69) is 10.9 Å². The van der Waals surface area contributed by atoms with Gasteiger partial charge in [0, 0.05) is 6.08 Å². The summed E-state index contributed by atoms with van der Waals surface area (Å²) in [4.78, 5) is 34.9. The van der Waals surface area contributed by atoms with E-state index < -0.39 is 17.8 Å². The van der Waals surface area contributed by atoms with Gasteiger partial charge in [0.05, 0.1) is 12.2 Å². The maximum absolute atomic E-state index is 11.7. The lowest BCUT2D eigenvalue weighted by molar-refractivity contribution is -0.128. The van der Waals surface area contributed by atoms with Gasteiger partial charge in [-0.25, -0.2) is 4.79 Å². The topological polar surface area (TPSA) is 93.7 Å². The van der Waals surface area contributed by atoms with E-state index in [4.69, 9.17) is 9.47 Å². The zero-order valence-electron chi connectivity index (χ0n) is 14.8. The number of carbonyl (C=O) groups excluding carboxylic acids is 3. The molecule has 27 heavy (non-hydrogen) atoms. The van der Waals surface area contributed by atoms with Gasteiger partial charge in [-0.1, -0.05) is 30.3 Å². The van der Waals surface area contributed by atoms with Crippen molar-refractivity contribution >= 4 is 23.9 Å². The van der Waals surface area contributed by atoms with Crippen molar-refractivity contribution in [3.05, 3.63) is 71.8 Å². The van der Waals surface area contributed by atoms with E-state index in [1.165, 1.54) is 6.08 Å². The number of hydrazine groups is 1. The first-order chi connectivity index (χ1) is 13.1. The highest BCUT2D eigenvalue weighted by Gasteiger charge is 2.07. The van der Waals surface area contributed by atoms with Crippen LogP contribution in [-0.2, 0) is 14.3 Å². The molecule has 0 spiro atoms. The van der Waals surface area contributed by atoms with E-state index in [-0.39, 0.29) is 6.61 Å². The molecule has 0 aliphatic rings. The fourth-order valence-corrected chi connectivity index (χ4v) is 2.00. The lowest BCUT2D eigenvalue weighted by Crippen LogP contribution is -2.43. The fourth-order valence-electron chi connectivity index (χ4n) is 2.00. The quantitative estimate of drug-likeness (QED) is 0.443. The maximum atomic E-state index is 11.7. The van der Waals surface area contributed by atoms with Gasteiger partial charge >= 0.3 is 5.97 Å². The van der Waals surface area contributed by atoms with E-state index in [0.717, 1.165) is 5.56 Å². The zero-order valence-corrected chi connectivity index (χ0v) is 14.8. The highest BCUT2D eigenvalue weighted by molar-refractivity contribution is 5.93. The van der Waals surface area contributed by atoms with Crippen molar-refractivity contribution in [3.8, 4) is 5.75 Å². The van der Waals surface area contributed by atoms with Crippen LogP contribution in [0.15, 0.2) is 60.7 Å². The molecule has 0 saturated carbocycles. The molecule has 2 amide bonds. The first-order valence-corrected chi connectivity index (χ1v) is 8.30. The van der Waals surface area contributed by atoms with Gasteiger partial charge in [-0.2, -0.15) is 0 Å². The minimum atomic E-state index is -0.522. The van der Waals surface area contributed by atoms with Crippen molar-refractivity contribution in [3.63, 3.8) is 0 Å². The van der Waals surface area contributed by atoms with Gasteiger partial charge in [0.2, 0.25) is 0 Å². The summed E-state index contributed by atoms with van der Waals surface area (Å²) in [6, 6.07) is 15.5. The molecule has 7 nitrogen and oxygen atoms in total. The van der Waals surface area contributed by atoms with Crippen molar-refractivity contribution in [1.82, 2.24) is 10.9 Å². The Morgan fingerprint density at radius 3 is 2.33 bits per heavy atom. The smallest absolute Gasteiger partial charge is 0.338 e. The Balaban J connectivity index is 1.72. The van der Waals surface area contributed by atoms with Crippen molar-refractivity contribution in [2.24, 2.45) is 0 Å². The SMILES string of the molecule is CCOC(=O)c1ccc(OCC(=O)NNC(=O)C=Cc2ccccc2)cc1. The highest BCUT2D eigenvalue weighted by atomic mass is 16.5. The van der Waals surface area contributed by atoms with Crippen LogP contribution in [0.25, 0.3) is 6.08 Å². The predicted molar refractivity (Wildman–Crippen MR) is 99.7 cm³/mol. The first kappa shape index (κ1) is 19.7. The van der Waals surface area contributed by atoms with E-state index >= 15 is 0 Å². The van der Waals surface area contributed by atoms with Gasteiger partial charge in [0.25, 0.3) is 11.8 Å². The minimum Gasteiger partial charge on any atom is -0.484 e. The van der Waals surface area contributed by atoms with Crippen molar-refractivity contribution in [2.75, 3.05) is 13.2 Å². The number of hydrogen-bond acceptors (Lipinski definition) is 5. The summed E-state index contributed by atoms with van der Waals surface area (Å²) in [5.74, 6) is -1.00. The third kappa shape index (κ3) is 7.03. The summed E-state index contributed by atoms with van der Waals surface area (Å²) < 4.78 is 10.2. The number of nitrogens with one attached hydrogen (secondary N) is 2. The van der Waals surface area contributed by atoms with Gasteiger partial charge in [0.15, 0.2) is 6.61 Å².